The Labute approximate surface area is 117 Å². The second-order valence-electron chi connectivity index (χ2n) is 4.13. The van der Waals surface area contributed by atoms with E-state index in [-0.39, 0.29) is 5.56 Å². The summed E-state index contributed by atoms with van der Waals surface area (Å²) in [4.78, 5) is 10.9. The molecule has 2 aromatic carbocycles. The summed E-state index contributed by atoms with van der Waals surface area (Å²) in [6.45, 7) is 0. The van der Waals surface area contributed by atoms with Crippen LogP contribution in [0.5, 0.6) is 0 Å². The highest BCUT2D eigenvalue weighted by atomic mass is 79.9. The average Bonchev–Trinajstić information content (AvgIpc) is 2.74. The monoisotopic (exact) mass is 316 g/mol. The molecule has 19 heavy (non-hydrogen) atoms. The van der Waals surface area contributed by atoms with Crippen LogP contribution in [0.15, 0.2) is 57.6 Å². The van der Waals surface area contributed by atoms with Gasteiger partial charge in [-0.2, -0.15) is 0 Å². The van der Waals surface area contributed by atoms with E-state index in [4.69, 9.17) is 9.52 Å². The fraction of sp³-hybridized carbons (Fsp3) is 0. The molecule has 3 nitrogen and oxygen atoms in total. The topological polar surface area (TPSA) is 50.4 Å². The zero-order valence-electron chi connectivity index (χ0n) is 9.76. The van der Waals surface area contributed by atoms with Crippen molar-refractivity contribution in [1.82, 2.24) is 0 Å². The van der Waals surface area contributed by atoms with Crippen LogP contribution in [0.25, 0.3) is 22.1 Å². The Morgan fingerprint density at radius 3 is 2.42 bits per heavy atom. The summed E-state index contributed by atoms with van der Waals surface area (Å²) in [5, 5.41) is 9.90. The van der Waals surface area contributed by atoms with Crippen LogP contribution in [-0.4, -0.2) is 11.1 Å². The number of furan rings is 1. The molecule has 0 unspecified atom stereocenters. The molecule has 0 radical (unpaired) electrons. The lowest BCUT2D eigenvalue weighted by Crippen LogP contribution is -1.94. The predicted octanol–water partition coefficient (Wildman–Crippen LogP) is 4.56. The molecule has 0 fully saturated rings. The quantitative estimate of drug-likeness (QED) is 0.754. The Hall–Kier alpha value is -2.07. The van der Waals surface area contributed by atoms with Gasteiger partial charge in [0.05, 0.1) is 5.56 Å². The van der Waals surface area contributed by atoms with Crippen LogP contribution in [0.4, 0.5) is 0 Å². The summed E-state index contributed by atoms with van der Waals surface area (Å²) in [6, 6.07) is 14.5. The molecule has 1 heterocycles. The van der Waals surface area contributed by atoms with E-state index >= 15 is 0 Å². The van der Waals surface area contributed by atoms with Crippen molar-refractivity contribution in [2.45, 2.75) is 0 Å². The van der Waals surface area contributed by atoms with Gasteiger partial charge in [0, 0.05) is 10.9 Å². The zero-order chi connectivity index (χ0) is 13.4. The molecule has 94 valence electrons. The summed E-state index contributed by atoms with van der Waals surface area (Å²) in [5.41, 5.74) is 2.92. The Morgan fingerprint density at radius 2 is 1.74 bits per heavy atom. The Bertz CT molecular complexity index is 757. The first-order valence-corrected chi connectivity index (χ1v) is 6.47. The molecule has 0 saturated carbocycles. The number of carboxylic acid groups (broad SMARTS) is 1. The third-order valence-corrected chi connectivity index (χ3v) is 3.53. The largest absolute Gasteiger partial charge is 0.478 e. The lowest BCUT2D eigenvalue weighted by Gasteiger charge is -2.01. The molecule has 0 aliphatic heterocycles. The van der Waals surface area contributed by atoms with Gasteiger partial charge < -0.3 is 9.52 Å². The van der Waals surface area contributed by atoms with Gasteiger partial charge in [0.1, 0.15) is 5.58 Å². The van der Waals surface area contributed by atoms with Crippen molar-refractivity contribution in [2.24, 2.45) is 0 Å². The molecule has 4 heteroatoms. The number of halogens is 1. The van der Waals surface area contributed by atoms with Crippen LogP contribution in [0.2, 0.25) is 0 Å². The minimum atomic E-state index is -0.928. The number of hydrogen-bond acceptors (Lipinski definition) is 2. The minimum Gasteiger partial charge on any atom is -0.478 e. The molecule has 3 aromatic rings. The summed E-state index contributed by atoms with van der Waals surface area (Å²) < 4.78 is 6.28. The molecule has 1 aromatic heterocycles. The molecular formula is C15H9BrO3. The summed E-state index contributed by atoms with van der Waals surface area (Å²) in [6.07, 6.45) is 0. The van der Waals surface area contributed by atoms with Crippen LogP contribution in [-0.2, 0) is 0 Å². The Morgan fingerprint density at radius 1 is 1.05 bits per heavy atom. The normalized spacial score (nSPS) is 10.8. The van der Waals surface area contributed by atoms with E-state index in [0.717, 1.165) is 22.1 Å². The van der Waals surface area contributed by atoms with Crippen molar-refractivity contribution in [3.63, 3.8) is 0 Å². The number of benzene rings is 2. The highest BCUT2D eigenvalue weighted by Crippen LogP contribution is 2.37. The molecule has 0 aliphatic rings. The minimum absolute atomic E-state index is 0.271. The van der Waals surface area contributed by atoms with E-state index < -0.39 is 5.97 Å². The maximum atomic E-state index is 10.9. The van der Waals surface area contributed by atoms with E-state index in [2.05, 4.69) is 15.9 Å². The SMILES string of the molecule is O=C(O)c1ccc(-c2c(Br)oc3ccccc23)cc1. The van der Waals surface area contributed by atoms with Gasteiger partial charge in [0.15, 0.2) is 4.67 Å². The molecule has 0 saturated heterocycles. The average molecular weight is 317 g/mol. The second-order valence-corrected chi connectivity index (χ2v) is 4.85. The van der Waals surface area contributed by atoms with E-state index in [1.54, 1.807) is 24.3 Å². The van der Waals surface area contributed by atoms with Crippen LogP contribution in [0.1, 0.15) is 10.4 Å². The van der Waals surface area contributed by atoms with E-state index in [1.165, 1.54) is 0 Å². The number of carboxylic acids is 1. The highest BCUT2D eigenvalue weighted by Gasteiger charge is 2.14. The smallest absolute Gasteiger partial charge is 0.335 e. The molecule has 0 atom stereocenters. The lowest BCUT2D eigenvalue weighted by molar-refractivity contribution is 0.0697. The lowest BCUT2D eigenvalue weighted by atomic mass is 10.0. The Balaban J connectivity index is 2.18. The number of para-hydroxylation sites is 1. The maximum absolute atomic E-state index is 10.9. The summed E-state index contributed by atoms with van der Waals surface area (Å²) in [7, 11) is 0. The number of rotatable bonds is 2. The van der Waals surface area contributed by atoms with Gasteiger partial charge in [-0.25, -0.2) is 4.79 Å². The fourth-order valence-electron chi connectivity index (χ4n) is 2.06. The zero-order valence-corrected chi connectivity index (χ0v) is 11.3. The summed E-state index contributed by atoms with van der Waals surface area (Å²) in [5.74, 6) is -0.928. The summed E-state index contributed by atoms with van der Waals surface area (Å²) >= 11 is 3.41. The van der Waals surface area contributed by atoms with Crippen LogP contribution in [0.3, 0.4) is 0 Å². The third kappa shape index (κ3) is 2.04. The van der Waals surface area contributed by atoms with Crippen molar-refractivity contribution >= 4 is 32.9 Å². The molecule has 0 aliphatic carbocycles. The first kappa shape index (κ1) is 12.0. The van der Waals surface area contributed by atoms with Crippen molar-refractivity contribution in [1.29, 1.82) is 0 Å². The van der Waals surface area contributed by atoms with Gasteiger partial charge in [-0.1, -0.05) is 30.3 Å². The molecule has 0 spiro atoms. The molecular weight excluding hydrogens is 308 g/mol. The highest BCUT2D eigenvalue weighted by molar-refractivity contribution is 9.10. The second kappa shape index (κ2) is 4.55. The van der Waals surface area contributed by atoms with Crippen molar-refractivity contribution < 1.29 is 14.3 Å². The third-order valence-electron chi connectivity index (χ3n) is 2.97. The molecule has 0 bridgehead atoms. The Kier molecular flexibility index (Phi) is 2.87. The van der Waals surface area contributed by atoms with E-state index in [0.29, 0.717) is 4.67 Å². The van der Waals surface area contributed by atoms with Gasteiger partial charge in [0.2, 0.25) is 0 Å². The number of carbonyl (C=O) groups is 1. The first-order chi connectivity index (χ1) is 9.16. The van der Waals surface area contributed by atoms with Gasteiger partial charge >= 0.3 is 5.97 Å². The van der Waals surface area contributed by atoms with Crippen molar-refractivity contribution in [3.05, 3.63) is 58.8 Å². The van der Waals surface area contributed by atoms with E-state index in [1.807, 2.05) is 24.3 Å². The van der Waals surface area contributed by atoms with E-state index in [9.17, 15) is 4.79 Å². The first-order valence-electron chi connectivity index (χ1n) is 5.67. The van der Waals surface area contributed by atoms with Gasteiger partial charge in [-0.05, 0) is 39.7 Å². The van der Waals surface area contributed by atoms with Crippen molar-refractivity contribution in [3.8, 4) is 11.1 Å². The fourth-order valence-corrected chi connectivity index (χ4v) is 2.68. The number of fused-ring (bicyclic) bond motifs is 1. The van der Waals surface area contributed by atoms with Gasteiger partial charge in [-0.3, -0.25) is 0 Å². The van der Waals surface area contributed by atoms with Crippen LogP contribution < -0.4 is 0 Å². The predicted molar refractivity (Wildman–Crippen MR) is 76.3 cm³/mol. The maximum Gasteiger partial charge on any atom is 0.335 e. The van der Waals surface area contributed by atoms with Crippen molar-refractivity contribution in [2.75, 3.05) is 0 Å². The van der Waals surface area contributed by atoms with Gasteiger partial charge in [-0.15, -0.1) is 0 Å². The number of aromatic carboxylic acids is 1. The molecule has 1 N–H and O–H groups in total. The number of hydrogen-bond donors (Lipinski definition) is 1. The molecule has 3 rings (SSSR count). The van der Waals surface area contributed by atoms with Crippen LogP contribution >= 0.6 is 15.9 Å². The standard InChI is InChI=1S/C15H9BrO3/c16-14-13(11-3-1-2-4-12(11)19-14)9-5-7-10(8-6-9)15(17)18/h1-8H,(H,17,18). The molecule has 0 amide bonds. The van der Waals surface area contributed by atoms with Crippen LogP contribution in [0, 0.1) is 0 Å². The van der Waals surface area contributed by atoms with Gasteiger partial charge in [0.25, 0.3) is 0 Å².